The van der Waals surface area contributed by atoms with E-state index in [0.717, 1.165) is 0 Å². The van der Waals surface area contributed by atoms with Gasteiger partial charge in [0, 0.05) is 0 Å². The number of imide groups is 1. The Morgan fingerprint density at radius 2 is 1.76 bits per heavy atom. The molecule has 10 heteroatoms. The van der Waals surface area contributed by atoms with Gasteiger partial charge in [-0.25, -0.2) is 9.59 Å². The van der Waals surface area contributed by atoms with Gasteiger partial charge in [-0.1, -0.05) is 0 Å². The molecule has 0 saturated carbocycles. The third-order valence-corrected chi connectivity index (χ3v) is 1.16. The van der Waals surface area contributed by atoms with Gasteiger partial charge in [-0.15, -0.1) is 0 Å². The van der Waals surface area contributed by atoms with E-state index in [1.807, 2.05) is 0 Å². The van der Waals surface area contributed by atoms with Crippen LogP contribution in [0.25, 0.3) is 0 Å². The standard InChI is InChI=1S/C7H9F3N2O5/c8-7(9,10)3-11-6(16)12-4(13)1-17-2-5(14)15/h1-3H2,(H,14,15)(H2,11,12,13,16). The van der Waals surface area contributed by atoms with Crippen molar-refractivity contribution in [1.82, 2.24) is 10.6 Å². The summed E-state index contributed by atoms with van der Waals surface area (Å²) < 4.78 is 39.2. The van der Waals surface area contributed by atoms with Crippen molar-refractivity contribution in [2.45, 2.75) is 6.18 Å². The second-order valence-corrected chi connectivity index (χ2v) is 2.73. The molecule has 0 aliphatic carbocycles. The number of nitrogens with one attached hydrogen (secondary N) is 2. The third-order valence-electron chi connectivity index (χ3n) is 1.16. The summed E-state index contributed by atoms with van der Waals surface area (Å²) in [7, 11) is 0. The summed E-state index contributed by atoms with van der Waals surface area (Å²) in [5.41, 5.74) is 0. The number of urea groups is 1. The van der Waals surface area contributed by atoms with Crippen LogP contribution in [0.15, 0.2) is 0 Å². The summed E-state index contributed by atoms with van der Waals surface area (Å²) in [4.78, 5) is 31.4. The van der Waals surface area contributed by atoms with Gasteiger partial charge in [0.2, 0.25) is 0 Å². The number of hydrogen-bond acceptors (Lipinski definition) is 4. The molecule has 0 aliphatic rings. The van der Waals surface area contributed by atoms with Gasteiger partial charge in [-0.3, -0.25) is 10.1 Å². The number of hydrogen-bond donors (Lipinski definition) is 3. The molecule has 0 bridgehead atoms. The van der Waals surface area contributed by atoms with Gasteiger partial charge in [0.15, 0.2) is 0 Å². The fourth-order valence-electron chi connectivity index (χ4n) is 0.618. The Kier molecular flexibility index (Phi) is 5.96. The highest BCUT2D eigenvalue weighted by atomic mass is 19.4. The number of carbonyl (C=O) groups excluding carboxylic acids is 2. The van der Waals surface area contributed by atoms with Crippen LogP contribution in [0, 0.1) is 0 Å². The van der Waals surface area contributed by atoms with Gasteiger partial charge >= 0.3 is 18.2 Å². The Morgan fingerprint density at radius 1 is 1.18 bits per heavy atom. The van der Waals surface area contributed by atoms with Crippen molar-refractivity contribution in [3.05, 3.63) is 0 Å². The molecule has 0 saturated heterocycles. The Hall–Kier alpha value is -1.84. The number of rotatable bonds is 5. The predicted molar refractivity (Wildman–Crippen MR) is 46.1 cm³/mol. The first-order chi connectivity index (χ1) is 7.70. The lowest BCUT2D eigenvalue weighted by Crippen LogP contribution is -2.44. The van der Waals surface area contributed by atoms with E-state index in [4.69, 9.17) is 5.11 Å². The number of carbonyl (C=O) groups is 3. The van der Waals surface area contributed by atoms with Crippen molar-refractivity contribution < 1.29 is 37.4 Å². The SMILES string of the molecule is O=C(O)COCC(=O)NC(=O)NCC(F)(F)F. The average Bonchev–Trinajstić information content (AvgIpc) is 2.13. The topological polar surface area (TPSA) is 105 Å². The fraction of sp³-hybridized carbons (Fsp3) is 0.571. The summed E-state index contributed by atoms with van der Waals surface area (Å²) in [5.74, 6) is -2.37. The van der Waals surface area contributed by atoms with E-state index < -0.39 is 43.8 Å². The molecule has 17 heavy (non-hydrogen) atoms. The minimum Gasteiger partial charge on any atom is -0.480 e. The normalized spacial score (nSPS) is 10.8. The van der Waals surface area contributed by atoms with Crippen LogP contribution in [0.4, 0.5) is 18.0 Å². The maximum Gasteiger partial charge on any atom is 0.405 e. The largest absolute Gasteiger partial charge is 0.480 e. The molecule has 0 aromatic carbocycles. The van der Waals surface area contributed by atoms with Gasteiger partial charge in [0.05, 0.1) is 0 Å². The first-order valence-corrected chi connectivity index (χ1v) is 4.14. The van der Waals surface area contributed by atoms with E-state index in [1.54, 1.807) is 0 Å². The Morgan fingerprint density at radius 3 is 2.24 bits per heavy atom. The monoisotopic (exact) mass is 258 g/mol. The number of alkyl halides is 3. The third kappa shape index (κ3) is 10.4. The van der Waals surface area contributed by atoms with E-state index in [2.05, 4.69) is 4.74 Å². The first kappa shape index (κ1) is 15.2. The Balaban J connectivity index is 3.74. The lowest BCUT2D eigenvalue weighted by Gasteiger charge is -2.08. The van der Waals surface area contributed by atoms with Crippen molar-refractivity contribution in [2.24, 2.45) is 0 Å². The van der Waals surface area contributed by atoms with Crippen molar-refractivity contribution >= 4 is 17.9 Å². The van der Waals surface area contributed by atoms with Crippen LogP contribution >= 0.6 is 0 Å². The lowest BCUT2D eigenvalue weighted by atomic mass is 10.6. The van der Waals surface area contributed by atoms with Crippen molar-refractivity contribution in [3.63, 3.8) is 0 Å². The maximum absolute atomic E-state index is 11.6. The number of aliphatic carboxylic acids is 1. The molecule has 0 aliphatic heterocycles. The predicted octanol–water partition coefficient (Wildman–Crippen LogP) is -0.524. The number of carboxylic acid groups (broad SMARTS) is 1. The number of amides is 3. The summed E-state index contributed by atoms with van der Waals surface area (Å²) >= 11 is 0. The zero-order chi connectivity index (χ0) is 13.5. The lowest BCUT2D eigenvalue weighted by molar-refractivity contribution is -0.143. The molecule has 0 heterocycles. The second kappa shape index (κ2) is 6.68. The van der Waals surface area contributed by atoms with E-state index in [1.165, 1.54) is 10.6 Å². The second-order valence-electron chi connectivity index (χ2n) is 2.73. The Labute approximate surface area is 92.9 Å². The van der Waals surface area contributed by atoms with Gasteiger partial charge in [-0.2, -0.15) is 13.2 Å². The van der Waals surface area contributed by atoms with Gasteiger partial charge in [-0.05, 0) is 0 Å². The number of carboxylic acids is 1. The zero-order valence-electron chi connectivity index (χ0n) is 8.34. The molecule has 3 N–H and O–H groups in total. The number of halogens is 3. The van der Waals surface area contributed by atoms with Crippen LogP contribution in [0.1, 0.15) is 0 Å². The van der Waals surface area contributed by atoms with Gasteiger partial charge in [0.25, 0.3) is 5.91 Å². The molecule has 3 amide bonds. The zero-order valence-corrected chi connectivity index (χ0v) is 8.34. The van der Waals surface area contributed by atoms with Crippen LogP contribution in [0.5, 0.6) is 0 Å². The molecular formula is C7H9F3N2O5. The van der Waals surface area contributed by atoms with E-state index in [0.29, 0.717) is 0 Å². The molecule has 98 valence electrons. The van der Waals surface area contributed by atoms with Crippen LogP contribution in [-0.4, -0.2) is 48.9 Å². The summed E-state index contributed by atoms with van der Waals surface area (Å²) in [6.07, 6.45) is -4.58. The average molecular weight is 258 g/mol. The van der Waals surface area contributed by atoms with E-state index in [-0.39, 0.29) is 0 Å². The molecule has 0 radical (unpaired) electrons. The number of ether oxygens (including phenoxy) is 1. The van der Waals surface area contributed by atoms with Crippen LogP contribution < -0.4 is 10.6 Å². The quantitative estimate of drug-likeness (QED) is 0.615. The van der Waals surface area contributed by atoms with Crippen LogP contribution in [-0.2, 0) is 14.3 Å². The molecule has 0 atom stereocenters. The molecule has 0 aromatic rings. The highest BCUT2D eigenvalue weighted by molar-refractivity contribution is 5.94. The van der Waals surface area contributed by atoms with Gasteiger partial charge in [0.1, 0.15) is 19.8 Å². The van der Waals surface area contributed by atoms with Crippen molar-refractivity contribution in [3.8, 4) is 0 Å². The van der Waals surface area contributed by atoms with Crippen molar-refractivity contribution in [1.29, 1.82) is 0 Å². The molecular weight excluding hydrogens is 249 g/mol. The van der Waals surface area contributed by atoms with E-state index >= 15 is 0 Å². The summed E-state index contributed by atoms with van der Waals surface area (Å²) in [5, 5.41) is 11.0. The first-order valence-electron chi connectivity index (χ1n) is 4.14. The summed E-state index contributed by atoms with van der Waals surface area (Å²) in [6.45, 7) is -3.08. The molecule has 0 unspecified atom stereocenters. The Bertz CT molecular complexity index is 304. The van der Waals surface area contributed by atoms with Gasteiger partial charge < -0.3 is 15.2 Å². The summed E-state index contributed by atoms with van der Waals surface area (Å²) in [6, 6.07) is -1.34. The van der Waals surface area contributed by atoms with Crippen molar-refractivity contribution in [2.75, 3.05) is 19.8 Å². The smallest absolute Gasteiger partial charge is 0.405 e. The molecule has 0 fully saturated rings. The van der Waals surface area contributed by atoms with Crippen LogP contribution in [0.3, 0.4) is 0 Å². The van der Waals surface area contributed by atoms with Crippen LogP contribution in [0.2, 0.25) is 0 Å². The minimum atomic E-state index is -4.58. The molecule has 0 rings (SSSR count). The highest BCUT2D eigenvalue weighted by Crippen LogP contribution is 2.11. The minimum absolute atomic E-state index is 0.744. The van der Waals surface area contributed by atoms with E-state index in [9.17, 15) is 27.6 Å². The molecule has 0 aromatic heterocycles. The highest BCUT2D eigenvalue weighted by Gasteiger charge is 2.27. The molecule has 0 spiro atoms. The maximum atomic E-state index is 11.6. The fourth-order valence-corrected chi connectivity index (χ4v) is 0.618. The molecule has 7 nitrogen and oxygen atoms in total.